The molecule has 1 N–H and O–H groups in total. The predicted molar refractivity (Wildman–Crippen MR) is 66.3 cm³/mol. The Morgan fingerprint density at radius 2 is 2.00 bits per heavy atom. The second-order valence-corrected chi connectivity index (χ2v) is 6.31. The Bertz CT molecular complexity index is 621. The van der Waals surface area contributed by atoms with Gasteiger partial charge in [0.15, 0.2) is 0 Å². The molecule has 0 aliphatic rings. The molecule has 1 heterocycles. The number of hydrogen-bond acceptors (Lipinski definition) is 3. The summed E-state index contributed by atoms with van der Waals surface area (Å²) in [5, 5.41) is 1.67. The van der Waals surface area contributed by atoms with E-state index in [0.717, 1.165) is 11.3 Å². The lowest BCUT2D eigenvalue weighted by Crippen LogP contribution is -2.12. The van der Waals surface area contributed by atoms with Crippen molar-refractivity contribution in [3.05, 3.63) is 47.1 Å². The van der Waals surface area contributed by atoms with E-state index in [4.69, 9.17) is 0 Å². The molecule has 0 unspecified atom stereocenters. The Morgan fingerprint density at radius 1 is 1.24 bits per heavy atom. The van der Waals surface area contributed by atoms with Crippen LogP contribution in [0.4, 0.5) is 10.1 Å². The van der Waals surface area contributed by atoms with E-state index in [2.05, 4.69) is 4.72 Å². The molecule has 90 valence electrons. The number of thiophene rings is 1. The number of rotatable bonds is 3. The van der Waals surface area contributed by atoms with E-state index in [9.17, 15) is 12.8 Å². The fourth-order valence-electron chi connectivity index (χ4n) is 1.33. The number of sulfonamides is 1. The molecule has 3 nitrogen and oxygen atoms in total. The lowest BCUT2D eigenvalue weighted by molar-refractivity contribution is 0.602. The van der Waals surface area contributed by atoms with Crippen molar-refractivity contribution in [1.82, 2.24) is 0 Å². The van der Waals surface area contributed by atoms with Crippen LogP contribution < -0.4 is 4.72 Å². The highest BCUT2D eigenvalue weighted by atomic mass is 32.2. The first kappa shape index (κ1) is 12.1. The minimum Gasteiger partial charge on any atom is -0.279 e. The number of nitrogens with one attached hydrogen (secondary N) is 1. The van der Waals surface area contributed by atoms with Crippen LogP contribution in [0.2, 0.25) is 0 Å². The smallest absolute Gasteiger partial charge is 0.271 e. The molecule has 2 aromatic rings. The quantitative estimate of drug-likeness (QED) is 0.932. The Balaban J connectivity index is 2.37. The van der Waals surface area contributed by atoms with Crippen molar-refractivity contribution in [2.45, 2.75) is 11.1 Å². The number of hydrogen-bond donors (Lipinski definition) is 1. The van der Waals surface area contributed by atoms with Crippen LogP contribution in [-0.4, -0.2) is 8.42 Å². The van der Waals surface area contributed by atoms with Gasteiger partial charge in [0, 0.05) is 5.56 Å². The van der Waals surface area contributed by atoms with Crippen LogP contribution in [0.15, 0.2) is 39.9 Å². The third-order valence-corrected chi connectivity index (χ3v) is 5.03. The second kappa shape index (κ2) is 4.46. The van der Waals surface area contributed by atoms with E-state index in [0.29, 0.717) is 0 Å². The number of anilines is 1. The summed E-state index contributed by atoms with van der Waals surface area (Å²) in [6, 6.07) is 7.44. The van der Waals surface area contributed by atoms with Gasteiger partial charge in [-0.3, -0.25) is 4.72 Å². The molecule has 2 rings (SSSR count). The summed E-state index contributed by atoms with van der Waals surface area (Å²) in [6.45, 7) is 1.53. The third kappa shape index (κ3) is 2.48. The van der Waals surface area contributed by atoms with E-state index >= 15 is 0 Å². The van der Waals surface area contributed by atoms with Gasteiger partial charge in [-0.25, -0.2) is 12.8 Å². The molecule has 0 saturated carbocycles. The Kier molecular flexibility index (Phi) is 3.17. The average Bonchev–Trinajstić information content (AvgIpc) is 2.78. The SMILES string of the molecule is Cc1c(F)cccc1NS(=O)(=O)c1cccs1. The number of benzene rings is 1. The maximum Gasteiger partial charge on any atom is 0.271 e. The lowest BCUT2D eigenvalue weighted by Gasteiger charge is -2.09. The summed E-state index contributed by atoms with van der Waals surface area (Å²) in [4.78, 5) is 0. The summed E-state index contributed by atoms with van der Waals surface area (Å²) < 4.78 is 39.7. The molecule has 0 fully saturated rings. The van der Waals surface area contributed by atoms with Crippen molar-refractivity contribution < 1.29 is 12.8 Å². The van der Waals surface area contributed by atoms with Crippen LogP contribution in [-0.2, 0) is 10.0 Å². The predicted octanol–water partition coefficient (Wildman–Crippen LogP) is 3.00. The van der Waals surface area contributed by atoms with Gasteiger partial charge in [0.1, 0.15) is 10.0 Å². The largest absolute Gasteiger partial charge is 0.279 e. The van der Waals surface area contributed by atoms with Gasteiger partial charge in [-0.2, -0.15) is 0 Å². The van der Waals surface area contributed by atoms with E-state index < -0.39 is 15.8 Å². The summed E-state index contributed by atoms with van der Waals surface area (Å²) >= 11 is 1.11. The van der Waals surface area contributed by atoms with Crippen LogP contribution in [0.3, 0.4) is 0 Å². The van der Waals surface area contributed by atoms with Gasteiger partial charge in [-0.1, -0.05) is 12.1 Å². The summed E-state index contributed by atoms with van der Waals surface area (Å²) in [7, 11) is -3.61. The molecule has 0 saturated heterocycles. The van der Waals surface area contributed by atoms with Gasteiger partial charge < -0.3 is 0 Å². The molecule has 17 heavy (non-hydrogen) atoms. The Morgan fingerprint density at radius 3 is 2.65 bits per heavy atom. The van der Waals surface area contributed by atoms with Crippen molar-refractivity contribution >= 4 is 27.0 Å². The minimum absolute atomic E-state index is 0.209. The summed E-state index contributed by atoms with van der Waals surface area (Å²) in [5.41, 5.74) is 0.547. The highest BCUT2D eigenvalue weighted by Crippen LogP contribution is 2.23. The molecule has 0 radical (unpaired) electrons. The zero-order valence-corrected chi connectivity index (χ0v) is 10.6. The first-order valence-corrected chi connectivity index (χ1v) is 7.18. The highest BCUT2D eigenvalue weighted by Gasteiger charge is 2.16. The molecule has 0 bridgehead atoms. The highest BCUT2D eigenvalue weighted by molar-refractivity contribution is 7.94. The van der Waals surface area contributed by atoms with E-state index in [1.807, 2.05) is 0 Å². The van der Waals surface area contributed by atoms with Gasteiger partial charge in [-0.05, 0) is 30.5 Å². The molecule has 0 aliphatic heterocycles. The molecule has 0 atom stereocenters. The van der Waals surface area contributed by atoms with Gasteiger partial charge in [0.2, 0.25) is 0 Å². The zero-order valence-electron chi connectivity index (χ0n) is 8.98. The third-order valence-electron chi connectivity index (χ3n) is 2.27. The Hall–Kier alpha value is -1.40. The average molecular weight is 271 g/mol. The summed E-state index contributed by atoms with van der Waals surface area (Å²) in [6.07, 6.45) is 0. The fourth-order valence-corrected chi connectivity index (χ4v) is 3.45. The molecule has 1 aromatic carbocycles. The van der Waals surface area contributed by atoms with Crippen LogP contribution in [0.25, 0.3) is 0 Å². The Labute approximate surface area is 103 Å². The van der Waals surface area contributed by atoms with E-state index in [1.54, 1.807) is 11.4 Å². The molecule has 0 amide bonds. The normalized spacial score (nSPS) is 11.4. The first-order chi connectivity index (χ1) is 8.00. The van der Waals surface area contributed by atoms with Gasteiger partial charge >= 0.3 is 0 Å². The summed E-state index contributed by atoms with van der Waals surface area (Å²) in [5.74, 6) is -0.434. The molecule has 0 spiro atoms. The molecular formula is C11H10FNO2S2. The molecule has 0 aliphatic carbocycles. The minimum atomic E-state index is -3.61. The van der Waals surface area contributed by atoms with E-state index in [-0.39, 0.29) is 15.5 Å². The maximum atomic E-state index is 13.3. The first-order valence-electron chi connectivity index (χ1n) is 4.82. The van der Waals surface area contributed by atoms with Crippen molar-refractivity contribution in [3.8, 4) is 0 Å². The fraction of sp³-hybridized carbons (Fsp3) is 0.0909. The van der Waals surface area contributed by atoms with Gasteiger partial charge in [0.25, 0.3) is 10.0 Å². The van der Waals surface area contributed by atoms with Crippen LogP contribution in [0, 0.1) is 12.7 Å². The van der Waals surface area contributed by atoms with Crippen molar-refractivity contribution in [2.75, 3.05) is 4.72 Å². The second-order valence-electron chi connectivity index (χ2n) is 3.45. The maximum absolute atomic E-state index is 13.3. The standard InChI is InChI=1S/C11H10FNO2S2/c1-8-9(12)4-2-5-10(8)13-17(14,15)11-6-3-7-16-11/h2-7,13H,1H3. The van der Waals surface area contributed by atoms with Crippen LogP contribution in [0.1, 0.15) is 5.56 Å². The molecule has 6 heteroatoms. The topological polar surface area (TPSA) is 46.2 Å². The van der Waals surface area contributed by atoms with E-state index in [1.165, 1.54) is 31.2 Å². The molecule has 1 aromatic heterocycles. The number of halogens is 1. The van der Waals surface area contributed by atoms with Crippen LogP contribution >= 0.6 is 11.3 Å². The van der Waals surface area contributed by atoms with Crippen molar-refractivity contribution in [2.24, 2.45) is 0 Å². The zero-order chi connectivity index (χ0) is 12.5. The van der Waals surface area contributed by atoms with Gasteiger partial charge in [-0.15, -0.1) is 11.3 Å². The lowest BCUT2D eigenvalue weighted by atomic mass is 10.2. The van der Waals surface area contributed by atoms with Crippen molar-refractivity contribution in [3.63, 3.8) is 0 Å². The molecular weight excluding hydrogens is 261 g/mol. The van der Waals surface area contributed by atoms with Gasteiger partial charge in [0.05, 0.1) is 5.69 Å². The van der Waals surface area contributed by atoms with Crippen molar-refractivity contribution in [1.29, 1.82) is 0 Å². The monoisotopic (exact) mass is 271 g/mol. The van der Waals surface area contributed by atoms with Crippen LogP contribution in [0.5, 0.6) is 0 Å².